The number of ether oxygens (including phenoxy) is 1. The van der Waals surface area contributed by atoms with Gasteiger partial charge in [0.15, 0.2) is 5.75 Å². The van der Waals surface area contributed by atoms with Gasteiger partial charge in [-0.05, 0) is 46.0 Å². The highest BCUT2D eigenvalue weighted by Gasteiger charge is 2.34. The van der Waals surface area contributed by atoms with E-state index in [0.29, 0.717) is 30.1 Å². The van der Waals surface area contributed by atoms with Crippen molar-refractivity contribution < 1.29 is 19.4 Å². The number of nitrogens with one attached hydrogen (secondary N) is 2. The van der Waals surface area contributed by atoms with E-state index >= 15 is 0 Å². The largest absolute Gasteiger partial charge is 0.486 e. The topological polar surface area (TPSA) is 94.1 Å². The van der Waals surface area contributed by atoms with Crippen LogP contribution in [-0.2, 0) is 0 Å². The highest BCUT2D eigenvalue weighted by atomic mass is 16.5. The van der Waals surface area contributed by atoms with Gasteiger partial charge in [0, 0.05) is 25.0 Å². The summed E-state index contributed by atoms with van der Waals surface area (Å²) >= 11 is 0. The first-order chi connectivity index (χ1) is 15.3. The molecule has 32 heavy (non-hydrogen) atoms. The second-order valence-electron chi connectivity index (χ2n) is 9.50. The van der Waals surface area contributed by atoms with E-state index in [1.54, 1.807) is 23.1 Å². The molecule has 0 bridgehead atoms. The van der Waals surface area contributed by atoms with Crippen molar-refractivity contribution in [1.29, 1.82) is 0 Å². The van der Waals surface area contributed by atoms with E-state index in [1.807, 2.05) is 21.0 Å². The van der Waals surface area contributed by atoms with E-state index in [2.05, 4.69) is 22.5 Å². The molecule has 8 nitrogen and oxygen atoms in total. The number of amides is 3. The third-order valence-electron chi connectivity index (χ3n) is 6.42. The lowest BCUT2D eigenvalue weighted by Gasteiger charge is -2.38. The third-order valence-corrected chi connectivity index (χ3v) is 6.42. The number of nitrogens with zero attached hydrogens (tertiary/aromatic N) is 2. The van der Waals surface area contributed by atoms with E-state index in [9.17, 15) is 14.7 Å². The molecule has 8 heteroatoms. The zero-order valence-electron chi connectivity index (χ0n) is 19.8. The average molecular weight is 447 g/mol. The number of likely N-dealkylation sites (N-methyl/N-ethyl adjacent to an activating group) is 1. The van der Waals surface area contributed by atoms with E-state index in [-0.39, 0.29) is 42.7 Å². The van der Waals surface area contributed by atoms with Crippen LogP contribution in [0.2, 0.25) is 0 Å². The minimum absolute atomic E-state index is 0.0348. The summed E-state index contributed by atoms with van der Waals surface area (Å²) in [5, 5.41) is 15.7. The second-order valence-corrected chi connectivity index (χ2v) is 9.50. The first-order valence-electron chi connectivity index (χ1n) is 11.7. The first-order valence-corrected chi connectivity index (χ1v) is 11.7. The van der Waals surface area contributed by atoms with Gasteiger partial charge in [0.05, 0.1) is 23.9 Å². The minimum Gasteiger partial charge on any atom is -0.486 e. The van der Waals surface area contributed by atoms with Crippen molar-refractivity contribution in [2.45, 2.75) is 64.1 Å². The van der Waals surface area contributed by atoms with Gasteiger partial charge in [-0.1, -0.05) is 32.3 Å². The molecule has 1 aromatic rings. The van der Waals surface area contributed by atoms with Crippen molar-refractivity contribution in [2.24, 2.45) is 5.92 Å². The van der Waals surface area contributed by atoms with Crippen LogP contribution in [-0.4, -0.2) is 78.8 Å². The average Bonchev–Trinajstić information content (AvgIpc) is 2.76. The molecule has 0 saturated heterocycles. The van der Waals surface area contributed by atoms with Gasteiger partial charge in [0.25, 0.3) is 5.91 Å². The molecule has 1 saturated carbocycles. The summed E-state index contributed by atoms with van der Waals surface area (Å²) in [5.41, 5.74) is 0.884. The number of carbonyl (C=O) groups excluding carboxylic acids is 2. The van der Waals surface area contributed by atoms with Crippen LogP contribution < -0.4 is 15.4 Å². The summed E-state index contributed by atoms with van der Waals surface area (Å²) in [7, 11) is 3.97. The number of fused-ring (bicyclic) bond motifs is 1. The molecule has 1 heterocycles. The van der Waals surface area contributed by atoms with Crippen molar-refractivity contribution in [3.63, 3.8) is 0 Å². The Morgan fingerprint density at radius 2 is 2.00 bits per heavy atom. The standard InChI is InChI=1S/C24H38N4O4/c1-16-13-28(17(2)15-29)23(30)19-11-8-12-20(22(19)32-21(16)14-27(3)4)26-24(31)25-18-9-6-5-7-10-18/h8,11-12,16-18,21,29H,5-7,9-10,13-15H2,1-4H3,(H2,25,26,31)/t16-,17+,21-/m0/s1. The Balaban J connectivity index is 1.91. The number of hydrogen-bond donors (Lipinski definition) is 3. The van der Waals surface area contributed by atoms with Crippen LogP contribution in [0.4, 0.5) is 10.5 Å². The molecule has 3 N–H and O–H groups in total. The number of hydrogen-bond acceptors (Lipinski definition) is 5. The van der Waals surface area contributed by atoms with Crippen LogP contribution in [0.5, 0.6) is 5.75 Å². The van der Waals surface area contributed by atoms with Gasteiger partial charge < -0.3 is 30.3 Å². The summed E-state index contributed by atoms with van der Waals surface area (Å²) in [6.45, 7) is 4.93. The van der Waals surface area contributed by atoms with Gasteiger partial charge in [0.1, 0.15) is 6.10 Å². The summed E-state index contributed by atoms with van der Waals surface area (Å²) in [6.07, 6.45) is 5.28. The van der Waals surface area contributed by atoms with Crippen LogP contribution in [0, 0.1) is 5.92 Å². The van der Waals surface area contributed by atoms with Crippen LogP contribution in [0.1, 0.15) is 56.3 Å². The maximum Gasteiger partial charge on any atom is 0.319 e. The number of urea groups is 1. The van der Waals surface area contributed by atoms with E-state index in [4.69, 9.17) is 4.74 Å². The summed E-state index contributed by atoms with van der Waals surface area (Å²) in [6, 6.07) is 4.83. The molecule has 0 aromatic heterocycles. The van der Waals surface area contributed by atoms with Gasteiger partial charge in [0.2, 0.25) is 0 Å². The summed E-state index contributed by atoms with van der Waals surface area (Å²) < 4.78 is 6.42. The fourth-order valence-electron chi connectivity index (χ4n) is 4.51. The maximum absolute atomic E-state index is 13.4. The molecule has 178 valence electrons. The summed E-state index contributed by atoms with van der Waals surface area (Å²) in [4.78, 5) is 29.9. The number of anilines is 1. The van der Waals surface area contributed by atoms with Crippen molar-refractivity contribution in [1.82, 2.24) is 15.1 Å². The Morgan fingerprint density at radius 3 is 2.66 bits per heavy atom. The molecule has 1 aliphatic carbocycles. The maximum atomic E-state index is 13.4. The molecule has 1 fully saturated rings. The molecule has 2 aliphatic rings. The van der Waals surface area contributed by atoms with Gasteiger partial charge in [-0.3, -0.25) is 4.79 Å². The number of benzene rings is 1. The fourth-order valence-corrected chi connectivity index (χ4v) is 4.51. The number of para-hydroxylation sites is 1. The predicted molar refractivity (Wildman–Crippen MR) is 125 cm³/mol. The number of aliphatic hydroxyl groups is 1. The number of carbonyl (C=O) groups is 2. The Kier molecular flexibility index (Phi) is 8.37. The second kappa shape index (κ2) is 11.0. The van der Waals surface area contributed by atoms with Crippen LogP contribution in [0.15, 0.2) is 18.2 Å². The van der Waals surface area contributed by atoms with Gasteiger partial charge in [-0.15, -0.1) is 0 Å². The zero-order valence-corrected chi connectivity index (χ0v) is 19.8. The first kappa shape index (κ1) is 24.3. The van der Waals surface area contributed by atoms with Crippen molar-refractivity contribution in [3.8, 4) is 5.75 Å². The number of rotatable bonds is 6. The smallest absolute Gasteiger partial charge is 0.319 e. The van der Waals surface area contributed by atoms with Crippen LogP contribution in [0.25, 0.3) is 0 Å². The molecular formula is C24H38N4O4. The molecule has 0 unspecified atom stereocenters. The zero-order chi connectivity index (χ0) is 23.3. The van der Waals surface area contributed by atoms with Crippen molar-refractivity contribution in [2.75, 3.05) is 39.1 Å². The van der Waals surface area contributed by atoms with E-state index in [0.717, 1.165) is 25.7 Å². The SMILES string of the molecule is C[C@H](CO)N1C[C@H](C)[C@H](CN(C)C)Oc2c(NC(=O)NC3CCCCC3)cccc2C1=O. The molecule has 3 rings (SSSR count). The lowest BCUT2D eigenvalue weighted by molar-refractivity contribution is 0.0365. The molecule has 3 amide bonds. The van der Waals surface area contributed by atoms with E-state index in [1.165, 1.54) is 6.42 Å². The molecule has 1 aliphatic heterocycles. The predicted octanol–water partition coefficient (Wildman–Crippen LogP) is 2.92. The molecule has 0 spiro atoms. The minimum atomic E-state index is -0.317. The molecule has 1 aromatic carbocycles. The highest BCUT2D eigenvalue weighted by Crippen LogP contribution is 2.35. The van der Waals surface area contributed by atoms with Crippen molar-refractivity contribution in [3.05, 3.63) is 23.8 Å². The van der Waals surface area contributed by atoms with Gasteiger partial charge in [-0.2, -0.15) is 0 Å². The summed E-state index contributed by atoms with van der Waals surface area (Å²) in [5.74, 6) is 0.227. The van der Waals surface area contributed by atoms with Gasteiger partial charge >= 0.3 is 6.03 Å². The Morgan fingerprint density at radius 1 is 1.28 bits per heavy atom. The monoisotopic (exact) mass is 446 g/mol. The third kappa shape index (κ3) is 5.92. The molecule has 3 atom stereocenters. The lowest BCUT2D eigenvalue weighted by atomic mass is 9.96. The van der Waals surface area contributed by atoms with Gasteiger partial charge in [-0.25, -0.2) is 4.79 Å². The number of aliphatic hydroxyl groups excluding tert-OH is 1. The Labute approximate surface area is 191 Å². The van der Waals surface area contributed by atoms with E-state index < -0.39 is 0 Å². The fraction of sp³-hybridized carbons (Fsp3) is 0.667. The molecular weight excluding hydrogens is 408 g/mol. The van der Waals surface area contributed by atoms with Crippen LogP contribution >= 0.6 is 0 Å². The Bertz CT molecular complexity index is 794. The highest BCUT2D eigenvalue weighted by molar-refractivity contribution is 6.01. The normalized spacial score (nSPS) is 23.1. The Hall–Kier alpha value is -2.32. The molecule has 0 radical (unpaired) electrons. The lowest BCUT2D eigenvalue weighted by Crippen LogP contribution is -2.49. The quantitative estimate of drug-likeness (QED) is 0.625. The van der Waals surface area contributed by atoms with Crippen molar-refractivity contribution >= 4 is 17.6 Å². The van der Waals surface area contributed by atoms with Crippen LogP contribution in [0.3, 0.4) is 0 Å².